The van der Waals surface area contributed by atoms with Gasteiger partial charge >= 0.3 is 0 Å². The summed E-state index contributed by atoms with van der Waals surface area (Å²) >= 11 is 0. The predicted octanol–water partition coefficient (Wildman–Crippen LogP) is 6.04. The average molecular weight is 397 g/mol. The second-order valence-electron chi connectivity index (χ2n) is 7.65. The third kappa shape index (κ3) is 6.53. The lowest BCUT2D eigenvalue weighted by Gasteiger charge is -2.44. The number of allylic oxidation sites excluding steroid dienone is 1. The van der Waals surface area contributed by atoms with Crippen LogP contribution in [0.15, 0.2) is 72.8 Å². The smallest absolute Gasteiger partial charge is 0.108 e. The fraction of sp³-hybridized carbons (Fsp3) is 0.462. The molecule has 5 atom stereocenters. The number of ether oxygens (including phenoxy) is 3. The van der Waals surface area contributed by atoms with Crippen molar-refractivity contribution in [1.82, 2.24) is 0 Å². The maximum Gasteiger partial charge on any atom is 0.108 e. The SMILES string of the molecule is C.CC=C[C@H]1O[C@H](COCc2ccccc2)[C@@H](OCc2ccccc2)[C@H](C)[C@@H]1C. The largest absolute Gasteiger partial charge is 0.374 e. The van der Waals surface area contributed by atoms with Gasteiger partial charge in [0.15, 0.2) is 0 Å². The van der Waals surface area contributed by atoms with Crippen molar-refractivity contribution in [3.8, 4) is 0 Å². The van der Waals surface area contributed by atoms with Crippen LogP contribution in [0.1, 0.15) is 39.3 Å². The van der Waals surface area contributed by atoms with Crippen LogP contribution in [-0.4, -0.2) is 24.9 Å². The highest BCUT2D eigenvalue weighted by Crippen LogP contribution is 2.34. The molecule has 158 valence electrons. The number of rotatable bonds is 8. The highest BCUT2D eigenvalue weighted by molar-refractivity contribution is 5.14. The zero-order valence-electron chi connectivity index (χ0n) is 17.2. The van der Waals surface area contributed by atoms with Gasteiger partial charge in [0.2, 0.25) is 0 Å². The van der Waals surface area contributed by atoms with Crippen LogP contribution in [-0.2, 0) is 27.4 Å². The lowest BCUT2D eigenvalue weighted by atomic mass is 9.81. The fourth-order valence-corrected chi connectivity index (χ4v) is 3.78. The molecule has 0 aromatic heterocycles. The molecule has 3 nitrogen and oxygen atoms in total. The molecule has 0 saturated carbocycles. The minimum absolute atomic E-state index is 0. The van der Waals surface area contributed by atoms with E-state index in [2.05, 4.69) is 50.3 Å². The van der Waals surface area contributed by atoms with Crippen molar-refractivity contribution in [2.24, 2.45) is 11.8 Å². The molecule has 2 aromatic rings. The first kappa shape index (κ1) is 23.3. The average Bonchev–Trinajstić information content (AvgIpc) is 2.73. The Labute approximate surface area is 176 Å². The Kier molecular flexibility index (Phi) is 9.59. The first-order valence-corrected chi connectivity index (χ1v) is 10.2. The molecule has 0 radical (unpaired) electrons. The van der Waals surface area contributed by atoms with Gasteiger partial charge in [0.05, 0.1) is 32.0 Å². The second-order valence-corrected chi connectivity index (χ2v) is 7.65. The Bertz CT molecular complexity index is 713. The quantitative estimate of drug-likeness (QED) is 0.509. The molecular weight excluding hydrogens is 360 g/mol. The second kappa shape index (κ2) is 11.9. The maximum atomic E-state index is 6.41. The van der Waals surface area contributed by atoms with Gasteiger partial charge in [-0.2, -0.15) is 0 Å². The third-order valence-corrected chi connectivity index (χ3v) is 5.63. The Hall–Kier alpha value is -1.94. The monoisotopic (exact) mass is 396 g/mol. The van der Waals surface area contributed by atoms with E-state index in [-0.39, 0.29) is 25.7 Å². The van der Waals surface area contributed by atoms with Gasteiger partial charge in [0, 0.05) is 0 Å². The van der Waals surface area contributed by atoms with Crippen LogP contribution in [0, 0.1) is 11.8 Å². The number of benzene rings is 2. The van der Waals surface area contributed by atoms with Crippen molar-refractivity contribution in [1.29, 1.82) is 0 Å². The Morgan fingerprint density at radius 1 is 0.862 bits per heavy atom. The lowest BCUT2D eigenvalue weighted by molar-refractivity contribution is -0.194. The highest BCUT2D eigenvalue weighted by Gasteiger charge is 2.41. The van der Waals surface area contributed by atoms with Crippen LogP contribution in [0.4, 0.5) is 0 Å². The van der Waals surface area contributed by atoms with E-state index in [1.807, 2.05) is 43.3 Å². The van der Waals surface area contributed by atoms with Crippen molar-refractivity contribution >= 4 is 0 Å². The normalized spacial score (nSPS) is 26.9. The molecular formula is C26H36O3. The molecule has 0 aliphatic carbocycles. The Morgan fingerprint density at radius 3 is 2.03 bits per heavy atom. The Balaban J connectivity index is 0.00000300. The molecule has 1 heterocycles. The van der Waals surface area contributed by atoms with E-state index in [0.717, 1.165) is 0 Å². The van der Waals surface area contributed by atoms with Crippen LogP contribution in [0.3, 0.4) is 0 Å². The number of hydrogen-bond acceptors (Lipinski definition) is 3. The van der Waals surface area contributed by atoms with Crippen molar-refractivity contribution in [2.45, 2.75) is 59.7 Å². The van der Waals surface area contributed by atoms with E-state index in [0.29, 0.717) is 31.7 Å². The number of hydrogen-bond donors (Lipinski definition) is 0. The summed E-state index contributed by atoms with van der Waals surface area (Å²) in [4.78, 5) is 0. The minimum atomic E-state index is -0.0835. The van der Waals surface area contributed by atoms with E-state index in [1.54, 1.807) is 0 Å². The highest BCUT2D eigenvalue weighted by atomic mass is 16.6. The fourth-order valence-electron chi connectivity index (χ4n) is 3.78. The molecule has 3 heteroatoms. The predicted molar refractivity (Wildman–Crippen MR) is 120 cm³/mol. The zero-order chi connectivity index (χ0) is 19.8. The zero-order valence-corrected chi connectivity index (χ0v) is 17.2. The maximum absolute atomic E-state index is 6.41. The minimum Gasteiger partial charge on any atom is -0.374 e. The van der Waals surface area contributed by atoms with Crippen molar-refractivity contribution in [3.05, 3.63) is 83.9 Å². The standard InChI is InChI=1S/C25H32O3.CH4/c1-4-11-23-19(2)20(3)25(27-17-22-14-9-6-10-15-22)24(28-23)18-26-16-21-12-7-5-8-13-21;/h4-15,19-20,23-25H,16-18H2,1-3H3;1H4/t19-,20+,23+,24+,25-;/m0./s1. The van der Waals surface area contributed by atoms with Crippen LogP contribution in [0.5, 0.6) is 0 Å². The first-order chi connectivity index (χ1) is 13.7. The molecule has 0 spiro atoms. The molecule has 1 aliphatic heterocycles. The Morgan fingerprint density at radius 2 is 1.45 bits per heavy atom. The molecule has 3 rings (SSSR count). The van der Waals surface area contributed by atoms with E-state index in [1.165, 1.54) is 11.1 Å². The van der Waals surface area contributed by atoms with Gasteiger partial charge in [-0.15, -0.1) is 0 Å². The van der Waals surface area contributed by atoms with Crippen LogP contribution < -0.4 is 0 Å². The van der Waals surface area contributed by atoms with Gasteiger partial charge in [0.1, 0.15) is 6.10 Å². The van der Waals surface area contributed by atoms with E-state index >= 15 is 0 Å². The first-order valence-electron chi connectivity index (χ1n) is 10.2. The van der Waals surface area contributed by atoms with Gasteiger partial charge in [-0.25, -0.2) is 0 Å². The summed E-state index contributed by atoms with van der Waals surface area (Å²) in [6.07, 6.45) is 4.24. The van der Waals surface area contributed by atoms with Gasteiger partial charge in [-0.3, -0.25) is 0 Å². The van der Waals surface area contributed by atoms with Gasteiger partial charge in [-0.1, -0.05) is 94.1 Å². The molecule has 1 fully saturated rings. The van der Waals surface area contributed by atoms with E-state index in [9.17, 15) is 0 Å². The molecule has 0 amide bonds. The topological polar surface area (TPSA) is 27.7 Å². The van der Waals surface area contributed by atoms with E-state index in [4.69, 9.17) is 14.2 Å². The summed E-state index contributed by atoms with van der Waals surface area (Å²) in [5.41, 5.74) is 2.35. The summed E-state index contributed by atoms with van der Waals surface area (Å²) in [6.45, 7) is 8.26. The van der Waals surface area contributed by atoms with Crippen molar-refractivity contribution < 1.29 is 14.2 Å². The lowest BCUT2D eigenvalue weighted by Crippen LogP contribution is -2.51. The molecule has 1 aliphatic rings. The van der Waals surface area contributed by atoms with Gasteiger partial charge in [-0.05, 0) is 29.9 Å². The summed E-state index contributed by atoms with van der Waals surface area (Å²) in [7, 11) is 0. The summed E-state index contributed by atoms with van der Waals surface area (Å²) in [6, 6.07) is 20.6. The van der Waals surface area contributed by atoms with Crippen molar-refractivity contribution in [2.75, 3.05) is 6.61 Å². The van der Waals surface area contributed by atoms with Gasteiger partial charge < -0.3 is 14.2 Å². The molecule has 0 unspecified atom stereocenters. The molecule has 0 N–H and O–H groups in total. The summed E-state index contributed by atoms with van der Waals surface area (Å²) in [5.74, 6) is 0.770. The van der Waals surface area contributed by atoms with Crippen LogP contribution in [0.2, 0.25) is 0 Å². The summed E-state index contributed by atoms with van der Waals surface area (Å²) in [5, 5.41) is 0. The van der Waals surface area contributed by atoms with Crippen molar-refractivity contribution in [3.63, 3.8) is 0 Å². The van der Waals surface area contributed by atoms with Gasteiger partial charge in [0.25, 0.3) is 0 Å². The summed E-state index contributed by atoms with van der Waals surface area (Å²) < 4.78 is 18.8. The molecule has 0 bridgehead atoms. The van der Waals surface area contributed by atoms with Crippen LogP contribution >= 0.6 is 0 Å². The molecule has 1 saturated heterocycles. The third-order valence-electron chi connectivity index (χ3n) is 5.63. The molecule has 2 aromatic carbocycles. The van der Waals surface area contributed by atoms with Crippen LogP contribution in [0.25, 0.3) is 0 Å². The van der Waals surface area contributed by atoms with E-state index < -0.39 is 0 Å². The molecule has 29 heavy (non-hydrogen) atoms.